The number of hydrogen-bond donors (Lipinski definition) is 2. The van der Waals surface area contributed by atoms with Crippen molar-refractivity contribution < 1.29 is 14.3 Å². The number of benzene rings is 1. The number of nitrogen functional groups attached to an aromatic ring is 1. The van der Waals surface area contributed by atoms with Gasteiger partial charge < -0.3 is 15.8 Å². The normalized spacial score (nSPS) is 11.9. The summed E-state index contributed by atoms with van der Waals surface area (Å²) in [5.41, 5.74) is 5.69. The molecule has 0 amide bonds. The van der Waals surface area contributed by atoms with Crippen LogP contribution >= 0.6 is 11.6 Å². The average Bonchev–Trinajstić information content (AvgIpc) is 2.81. The number of halogens is 1. The lowest BCUT2D eigenvalue weighted by Gasteiger charge is -2.14. The van der Waals surface area contributed by atoms with Crippen LogP contribution in [0.15, 0.2) is 22.8 Å². The Bertz CT molecular complexity index is 647. The Hall–Kier alpha value is -2.55. The minimum atomic E-state index is -0.496. The van der Waals surface area contributed by atoms with E-state index in [4.69, 9.17) is 22.1 Å². The summed E-state index contributed by atoms with van der Waals surface area (Å²) in [5, 5.41) is 21.1. The van der Waals surface area contributed by atoms with Crippen molar-refractivity contribution in [3.8, 4) is 5.88 Å². The molecule has 21 heavy (non-hydrogen) atoms. The van der Waals surface area contributed by atoms with Gasteiger partial charge in [0.15, 0.2) is 0 Å². The quantitative estimate of drug-likeness (QED) is 0.612. The fraction of sp³-hybridized carbons (Fsp3) is 0.273. The molecule has 112 valence electrons. The Balaban J connectivity index is 2.01. The maximum absolute atomic E-state index is 10.9. The van der Waals surface area contributed by atoms with E-state index in [0.717, 1.165) is 0 Å². The molecule has 1 aromatic heterocycles. The molecule has 0 aliphatic rings. The maximum Gasteiger partial charge on any atom is 0.300 e. The Morgan fingerprint density at radius 2 is 2.33 bits per heavy atom. The minimum Gasteiger partial charge on any atom is -0.468 e. The second-order valence-electron chi connectivity index (χ2n) is 4.18. The zero-order chi connectivity index (χ0) is 15.4. The number of aromatic nitrogens is 2. The van der Waals surface area contributed by atoms with Gasteiger partial charge in [-0.25, -0.2) is 4.63 Å². The lowest BCUT2D eigenvalue weighted by Crippen LogP contribution is -2.23. The van der Waals surface area contributed by atoms with Gasteiger partial charge in [0, 0.05) is 11.1 Å². The molecule has 0 fully saturated rings. The van der Waals surface area contributed by atoms with Crippen LogP contribution in [-0.4, -0.2) is 27.9 Å². The molecule has 2 aromatic rings. The fourth-order valence-corrected chi connectivity index (χ4v) is 1.74. The highest BCUT2D eigenvalue weighted by atomic mass is 35.5. The number of ether oxygens (including phenoxy) is 1. The van der Waals surface area contributed by atoms with E-state index in [1.807, 2.05) is 0 Å². The zero-order valence-electron chi connectivity index (χ0n) is 10.9. The molecule has 1 atom stereocenters. The van der Waals surface area contributed by atoms with Gasteiger partial charge >= 0.3 is 5.88 Å². The molecule has 9 nitrogen and oxygen atoms in total. The Kier molecular flexibility index (Phi) is 4.43. The van der Waals surface area contributed by atoms with Crippen LogP contribution in [0.1, 0.15) is 6.92 Å². The van der Waals surface area contributed by atoms with Crippen LogP contribution in [0, 0.1) is 10.1 Å². The summed E-state index contributed by atoms with van der Waals surface area (Å²) < 4.78 is 9.78. The second kappa shape index (κ2) is 6.27. The van der Waals surface area contributed by atoms with E-state index in [9.17, 15) is 10.1 Å². The number of nitro groups is 1. The highest BCUT2D eigenvalue weighted by molar-refractivity contribution is 6.31. The van der Waals surface area contributed by atoms with Crippen molar-refractivity contribution in [3.05, 3.63) is 33.3 Å². The molecule has 0 unspecified atom stereocenters. The molecular weight excluding hydrogens is 302 g/mol. The highest BCUT2D eigenvalue weighted by Crippen LogP contribution is 2.27. The van der Waals surface area contributed by atoms with Crippen LogP contribution in [0.2, 0.25) is 5.02 Å². The van der Waals surface area contributed by atoms with Gasteiger partial charge in [-0.2, -0.15) is 0 Å². The Morgan fingerprint density at radius 3 is 2.95 bits per heavy atom. The third-order valence-electron chi connectivity index (χ3n) is 2.53. The molecule has 0 bridgehead atoms. The molecule has 1 heterocycles. The topological polar surface area (TPSA) is 129 Å². The van der Waals surface area contributed by atoms with E-state index in [-0.39, 0.29) is 30.0 Å². The van der Waals surface area contributed by atoms with Crippen LogP contribution in [-0.2, 0) is 0 Å². The number of nitrogens with zero attached hydrogens (tertiary/aromatic N) is 3. The lowest BCUT2D eigenvalue weighted by molar-refractivity contribution is -0.384. The molecule has 0 saturated carbocycles. The molecule has 3 N–H and O–H groups in total. The predicted octanol–water partition coefficient (Wildman–Crippen LogP) is 2.09. The van der Waals surface area contributed by atoms with Crippen molar-refractivity contribution >= 4 is 28.8 Å². The van der Waals surface area contributed by atoms with Gasteiger partial charge in [0.1, 0.15) is 11.8 Å². The molecule has 2 rings (SSSR count). The van der Waals surface area contributed by atoms with Crippen molar-refractivity contribution in [1.82, 2.24) is 10.3 Å². The first-order valence-corrected chi connectivity index (χ1v) is 6.27. The number of anilines is 2. The maximum atomic E-state index is 10.9. The van der Waals surface area contributed by atoms with E-state index in [1.165, 1.54) is 18.2 Å². The summed E-state index contributed by atoms with van der Waals surface area (Å²) in [6.07, 6.45) is -0.377. The number of nitro benzene ring substituents is 1. The summed E-state index contributed by atoms with van der Waals surface area (Å²) in [4.78, 5) is 10.4. The van der Waals surface area contributed by atoms with E-state index < -0.39 is 4.92 Å². The van der Waals surface area contributed by atoms with Gasteiger partial charge in [-0.1, -0.05) is 11.6 Å². The molecule has 0 aliphatic heterocycles. The highest BCUT2D eigenvalue weighted by Gasteiger charge is 2.16. The lowest BCUT2D eigenvalue weighted by atomic mass is 10.2. The van der Waals surface area contributed by atoms with Gasteiger partial charge in [-0.3, -0.25) is 10.1 Å². The Labute approximate surface area is 124 Å². The van der Waals surface area contributed by atoms with E-state index >= 15 is 0 Å². The monoisotopic (exact) mass is 313 g/mol. The van der Waals surface area contributed by atoms with Crippen molar-refractivity contribution in [3.63, 3.8) is 0 Å². The van der Waals surface area contributed by atoms with Gasteiger partial charge in [-0.15, -0.1) is 0 Å². The number of hydrogen-bond acceptors (Lipinski definition) is 8. The first-order valence-electron chi connectivity index (χ1n) is 5.90. The standard InChI is InChI=1S/C11H12ClN5O4/c1-6(20-11-10(13)15-21-16-11)5-14-8-4-7(12)2-3-9(8)17(18)19/h2-4,6,14H,5H2,1H3,(H2,13,15)/t6-/m1/s1. The third-order valence-corrected chi connectivity index (χ3v) is 2.77. The van der Waals surface area contributed by atoms with Crippen molar-refractivity contribution in [1.29, 1.82) is 0 Å². The largest absolute Gasteiger partial charge is 0.468 e. The molecular formula is C11H12ClN5O4. The molecule has 0 radical (unpaired) electrons. The van der Waals surface area contributed by atoms with Gasteiger partial charge in [0.2, 0.25) is 5.82 Å². The van der Waals surface area contributed by atoms with Crippen LogP contribution in [0.5, 0.6) is 5.88 Å². The summed E-state index contributed by atoms with van der Waals surface area (Å²) in [7, 11) is 0. The predicted molar refractivity (Wildman–Crippen MR) is 75.4 cm³/mol. The van der Waals surface area contributed by atoms with Crippen LogP contribution < -0.4 is 15.8 Å². The fourth-order valence-electron chi connectivity index (χ4n) is 1.56. The molecule has 0 spiro atoms. The van der Waals surface area contributed by atoms with Gasteiger partial charge in [0.25, 0.3) is 5.69 Å². The van der Waals surface area contributed by atoms with E-state index in [0.29, 0.717) is 10.7 Å². The molecule has 0 aliphatic carbocycles. The summed E-state index contributed by atoms with van der Waals surface area (Å²) in [6, 6.07) is 4.25. The van der Waals surface area contributed by atoms with Gasteiger partial charge in [-0.05, 0) is 29.4 Å². The number of nitrogens with one attached hydrogen (secondary N) is 1. The zero-order valence-corrected chi connectivity index (χ0v) is 11.7. The van der Waals surface area contributed by atoms with Crippen LogP contribution in [0.3, 0.4) is 0 Å². The van der Waals surface area contributed by atoms with Crippen LogP contribution in [0.25, 0.3) is 0 Å². The second-order valence-corrected chi connectivity index (χ2v) is 4.62. The Morgan fingerprint density at radius 1 is 1.57 bits per heavy atom. The van der Waals surface area contributed by atoms with E-state index in [2.05, 4.69) is 20.3 Å². The summed E-state index contributed by atoms with van der Waals surface area (Å²) in [6.45, 7) is 2.00. The van der Waals surface area contributed by atoms with Crippen molar-refractivity contribution in [2.45, 2.75) is 13.0 Å². The van der Waals surface area contributed by atoms with Crippen molar-refractivity contribution in [2.75, 3.05) is 17.6 Å². The molecule has 10 heteroatoms. The first kappa shape index (κ1) is 14.9. The first-order chi connectivity index (χ1) is 9.97. The van der Waals surface area contributed by atoms with Crippen molar-refractivity contribution in [2.24, 2.45) is 0 Å². The molecule has 1 aromatic carbocycles. The van der Waals surface area contributed by atoms with Gasteiger partial charge in [0.05, 0.1) is 11.5 Å². The number of nitrogens with two attached hydrogens (primary N) is 1. The number of rotatable bonds is 6. The summed E-state index contributed by atoms with van der Waals surface area (Å²) in [5.74, 6) is 0.112. The molecule has 0 saturated heterocycles. The summed E-state index contributed by atoms with van der Waals surface area (Å²) >= 11 is 5.83. The smallest absolute Gasteiger partial charge is 0.300 e. The van der Waals surface area contributed by atoms with Crippen LogP contribution in [0.4, 0.5) is 17.2 Å². The third kappa shape index (κ3) is 3.72. The SMILES string of the molecule is C[C@H](CNc1cc(Cl)ccc1[N+](=O)[O-])Oc1nonc1N. The minimum absolute atomic E-state index is 0.0376. The average molecular weight is 314 g/mol. The van der Waals surface area contributed by atoms with E-state index in [1.54, 1.807) is 6.92 Å².